The number of nitrogens with two attached hydrogens (primary N) is 1. The molecule has 0 spiro atoms. The van der Waals surface area contributed by atoms with Crippen LogP contribution in [0.2, 0.25) is 0 Å². The maximum Gasteiger partial charge on any atom is 0.408 e. The number of hydrogen-bond acceptors (Lipinski definition) is 3. The quantitative estimate of drug-likeness (QED) is 0.521. The molecule has 0 heterocycles. The van der Waals surface area contributed by atoms with Gasteiger partial charge in [0.1, 0.15) is 0 Å². The Kier molecular flexibility index (Phi) is 3.79. The summed E-state index contributed by atoms with van der Waals surface area (Å²) in [5.41, 5.74) is 5.21. The van der Waals surface area contributed by atoms with Crippen molar-refractivity contribution in [3.05, 3.63) is 0 Å². The number of carbonyl (C=O) groups excluding carboxylic acids is 1. The molecule has 3 N–H and O–H groups in total. The lowest BCUT2D eigenvalue weighted by molar-refractivity contribution is 0.149. The smallest absolute Gasteiger partial charge is 0.408 e. The van der Waals surface area contributed by atoms with E-state index in [0.29, 0.717) is 6.61 Å². The number of nitrogens with one attached hydrogen (secondary N) is 1. The van der Waals surface area contributed by atoms with Crippen molar-refractivity contribution in [2.75, 3.05) is 6.61 Å². The Morgan fingerprint density at radius 2 is 2.44 bits per heavy atom. The van der Waals surface area contributed by atoms with Crippen LogP contribution in [-0.4, -0.2) is 18.9 Å². The molecule has 4 heteroatoms. The van der Waals surface area contributed by atoms with Gasteiger partial charge in [-0.2, -0.15) is 0 Å². The lowest BCUT2D eigenvalue weighted by atomic mass is 10.6. The van der Waals surface area contributed by atoms with Gasteiger partial charge in [-0.3, -0.25) is 0 Å². The number of rotatable bonds is 2. The lowest BCUT2D eigenvalue weighted by Gasteiger charge is -2.06. The van der Waals surface area contributed by atoms with Crippen LogP contribution in [0.25, 0.3) is 0 Å². The van der Waals surface area contributed by atoms with Gasteiger partial charge in [0.15, 0.2) is 0 Å². The van der Waals surface area contributed by atoms with Gasteiger partial charge in [-0.05, 0) is 13.8 Å². The summed E-state index contributed by atoms with van der Waals surface area (Å²) in [6, 6.07) is 0. The van der Waals surface area contributed by atoms with E-state index in [1.165, 1.54) is 0 Å². The Hall–Kier alpha value is -0.770. The molecular weight excluding hydrogens is 120 g/mol. The van der Waals surface area contributed by atoms with Crippen LogP contribution in [0.3, 0.4) is 0 Å². The number of hydrogen-bond donors (Lipinski definition) is 2. The largest absolute Gasteiger partial charge is 0.450 e. The summed E-state index contributed by atoms with van der Waals surface area (Å²) in [6.07, 6.45) is -0.809. The van der Waals surface area contributed by atoms with Crippen molar-refractivity contribution in [2.45, 2.75) is 20.0 Å². The number of carbonyl (C=O) groups is 1. The van der Waals surface area contributed by atoms with Gasteiger partial charge in [0.05, 0.1) is 12.8 Å². The van der Waals surface area contributed by atoms with Crippen molar-refractivity contribution in [3.63, 3.8) is 0 Å². The molecule has 0 fully saturated rings. The van der Waals surface area contributed by atoms with Crippen molar-refractivity contribution in [3.8, 4) is 0 Å². The Morgan fingerprint density at radius 3 is 2.78 bits per heavy atom. The van der Waals surface area contributed by atoms with E-state index < -0.39 is 6.09 Å². The molecule has 0 radical (unpaired) electrons. The molecule has 9 heavy (non-hydrogen) atoms. The molecule has 54 valence electrons. The second-order valence-corrected chi connectivity index (χ2v) is 1.65. The SMILES string of the molecule is CCOC(=O)NC(C)N. The number of amides is 1. The van der Waals surface area contributed by atoms with Crippen LogP contribution in [0, 0.1) is 0 Å². The molecule has 4 nitrogen and oxygen atoms in total. The first-order valence-corrected chi connectivity index (χ1v) is 2.85. The van der Waals surface area contributed by atoms with Crippen LogP contribution < -0.4 is 11.1 Å². The van der Waals surface area contributed by atoms with Gasteiger partial charge in [-0.15, -0.1) is 0 Å². The summed E-state index contributed by atoms with van der Waals surface area (Å²) in [5.74, 6) is 0. The molecule has 0 aliphatic rings. The molecule has 0 aromatic heterocycles. The number of ether oxygens (including phenoxy) is 1. The van der Waals surface area contributed by atoms with E-state index in [-0.39, 0.29) is 6.17 Å². The molecule has 0 aromatic rings. The molecule has 0 aromatic carbocycles. The molecular formula is C5H12N2O2. The second kappa shape index (κ2) is 4.14. The highest BCUT2D eigenvalue weighted by Gasteiger charge is 2.00. The summed E-state index contributed by atoms with van der Waals surface area (Å²) in [6.45, 7) is 3.77. The van der Waals surface area contributed by atoms with Crippen LogP contribution in [0.1, 0.15) is 13.8 Å². The van der Waals surface area contributed by atoms with E-state index in [2.05, 4.69) is 10.1 Å². The Bertz CT molecular complexity index is 93.0. The predicted molar refractivity (Wildman–Crippen MR) is 33.8 cm³/mol. The van der Waals surface area contributed by atoms with E-state index in [1.54, 1.807) is 13.8 Å². The fourth-order valence-corrected chi connectivity index (χ4v) is 0.359. The average Bonchev–Trinajstić information content (AvgIpc) is 1.63. The zero-order chi connectivity index (χ0) is 7.28. The lowest BCUT2D eigenvalue weighted by Crippen LogP contribution is -2.39. The van der Waals surface area contributed by atoms with Gasteiger partial charge in [0.25, 0.3) is 0 Å². The van der Waals surface area contributed by atoms with Gasteiger partial charge in [-0.1, -0.05) is 0 Å². The molecule has 1 amide bonds. The Labute approximate surface area is 54.4 Å². The zero-order valence-electron chi connectivity index (χ0n) is 5.68. The highest BCUT2D eigenvalue weighted by Crippen LogP contribution is 1.76. The number of alkyl carbamates (subject to hydrolysis) is 1. The normalized spacial score (nSPS) is 12.3. The first kappa shape index (κ1) is 8.23. The summed E-state index contributed by atoms with van der Waals surface area (Å²) in [4.78, 5) is 10.4. The third-order valence-corrected chi connectivity index (χ3v) is 0.621. The molecule has 0 aliphatic carbocycles. The second-order valence-electron chi connectivity index (χ2n) is 1.65. The average molecular weight is 132 g/mol. The maximum absolute atomic E-state index is 10.4. The Morgan fingerprint density at radius 1 is 1.89 bits per heavy atom. The maximum atomic E-state index is 10.4. The van der Waals surface area contributed by atoms with Gasteiger partial charge < -0.3 is 15.8 Å². The molecule has 0 rings (SSSR count). The summed E-state index contributed by atoms with van der Waals surface area (Å²) in [7, 11) is 0. The van der Waals surface area contributed by atoms with Gasteiger partial charge in [0.2, 0.25) is 0 Å². The fourth-order valence-electron chi connectivity index (χ4n) is 0.359. The highest BCUT2D eigenvalue weighted by atomic mass is 16.5. The van der Waals surface area contributed by atoms with Crippen LogP contribution in [0.5, 0.6) is 0 Å². The van der Waals surface area contributed by atoms with E-state index in [9.17, 15) is 4.79 Å². The van der Waals surface area contributed by atoms with Crippen LogP contribution in [-0.2, 0) is 4.74 Å². The van der Waals surface area contributed by atoms with Crippen molar-refractivity contribution in [2.24, 2.45) is 5.73 Å². The topological polar surface area (TPSA) is 64.3 Å². The van der Waals surface area contributed by atoms with Gasteiger partial charge >= 0.3 is 6.09 Å². The molecule has 0 aliphatic heterocycles. The fraction of sp³-hybridized carbons (Fsp3) is 0.800. The van der Waals surface area contributed by atoms with E-state index >= 15 is 0 Å². The van der Waals surface area contributed by atoms with Crippen LogP contribution >= 0.6 is 0 Å². The third kappa shape index (κ3) is 5.10. The van der Waals surface area contributed by atoms with Crippen LogP contribution in [0.15, 0.2) is 0 Å². The predicted octanol–water partition coefficient (Wildman–Crippen LogP) is 0.0372. The zero-order valence-corrected chi connectivity index (χ0v) is 5.68. The van der Waals surface area contributed by atoms with E-state index in [0.717, 1.165) is 0 Å². The molecule has 0 bridgehead atoms. The summed E-state index contributed by atoms with van der Waals surface area (Å²) < 4.78 is 4.52. The van der Waals surface area contributed by atoms with Crippen molar-refractivity contribution < 1.29 is 9.53 Å². The van der Waals surface area contributed by atoms with Gasteiger partial charge in [0, 0.05) is 0 Å². The van der Waals surface area contributed by atoms with Gasteiger partial charge in [-0.25, -0.2) is 4.79 Å². The third-order valence-electron chi connectivity index (χ3n) is 0.621. The first-order chi connectivity index (χ1) is 4.16. The molecule has 1 atom stereocenters. The van der Waals surface area contributed by atoms with Crippen LogP contribution in [0.4, 0.5) is 4.79 Å². The van der Waals surface area contributed by atoms with Crippen molar-refractivity contribution in [1.82, 2.24) is 5.32 Å². The molecule has 0 saturated heterocycles. The molecule has 1 unspecified atom stereocenters. The highest BCUT2D eigenvalue weighted by molar-refractivity contribution is 5.67. The first-order valence-electron chi connectivity index (χ1n) is 2.85. The molecule has 0 saturated carbocycles. The van der Waals surface area contributed by atoms with Crippen molar-refractivity contribution in [1.29, 1.82) is 0 Å². The monoisotopic (exact) mass is 132 g/mol. The van der Waals surface area contributed by atoms with E-state index in [1.807, 2.05) is 0 Å². The minimum Gasteiger partial charge on any atom is -0.450 e. The minimum absolute atomic E-state index is 0.343. The van der Waals surface area contributed by atoms with E-state index in [4.69, 9.17) is 5.73 Å². The van der Waals surface area contributed by atoms with Crippen molar-refractivity contribution >= 4 is 6.09 Å². The standard InChI is InChI=1S/C5H12N2O2/c1-3-9-5(8)7-4(2)6/h4H,3,6H2,1-2H3,(H,7,8). The summed E-state index contributed by atoms with van der Waals surface area (Å²) in [5, 5.41) is 2.36. The minimum atomic E-state index is -0.465. The summed E-state index contributed by atoms with van der Waals surface area (Å²) >= 11 is 0. The Balaban J connectivity index is 3.27.